The second-order valence-corrected chi connectivity index (χ2v) is 10.2. The molecule has 178 valence electrons. The van der Waals surface area contributed by atoms with Gasteiger partial charge in [0.1, 0.15) is 5.60 Å². The van der Waals surface area contributed by atoms with Crippen LogP contribution in [0.15, 0.2) is 36.4 Å². The lowest BCUT2D eigenvalue weighted by atomic mass is 10.0. The molecule has 8 nitrogen and oxygen atoms in total. The molecule has 0 radical (unpaired) electrons. The summed E-state index contributed by atoms with van der Waals surface area (Å²) in [6.45, 7) is 8.73. The first-order valence-corrected chi connectivity index (χ1v) is 11.5. The van der Waals surface area contributed by atoms with Crippen molar-refractivity contribution in [2.45, 2.75) is 26.4 Å². The van der Waals surface area contributed by atoms with Gasteiger partial charge in [-0.25, -0.2) is 9.59 Å². The predicted octanol–water partition coefficient (Wildman–Crippen LogP) is 4.38. The van der Waals surface area contributed by atoms with Gasteiger partial charge >= 0.3 is 12.2 Å². The summed E-state index contributed by atoms with van der Waals surface area (Å²) in [6.07, 6.45) is -0.814. The summed E-state index contributed by atoms with van der Waals surface area (Å²) in [6, 6.07) is 11.4. The monoisotopic (exact) mass is 463 g/mol. The molecule has 2 aromatic carbocycles. The molecule has 2 fully saturated rings. The lowest BCUT2D eigenvalue weighted by molar-refractivity contribution is 0.0282. The van der Waals surface area contributed by atoms with E-state index in [1.165, 1.54) is 7.11 Å². The number of ether oxygens (including phenoxy) is 2. The summed E-state index contributed by atoms with van der Waals surface area (Å²) >= 11 is 0. The summed E-state index contributed by atoms with van der Waals surface area (Å²) in [5.74, 6) is 0.733. The number of carbonyl (C=O) groups excluding carboxylic acids is 3. The van der Waals surface area contributed by atoms with Crippen LogP contribution >= 0.6 is 0 Å². The lowest BCUT2D eigenvalue weighted by Gasteiger charge is -2.26. The molecule has 0 spiro atoms. The number of methoxy groups -OCH3 is 1. The lowest BCUT2D eigenvalue weighted by Crippen LogP contribution is -2.37. The van der Waals surface area contributed by atoms with Crippen molar-refractivity contribution in [2.24, 2.45) is 11.8 Å². The van der Waals surface area contributed by atoms with E-state index in [-0.39, 0.29) is 11.9 Å². The second-order valence-electron chi connectivity index (χ2n) is 10.2. The molecule has 2 aromatic rings. The van der Waals surface area contributed by atoms with Gasteiger partial charge in [-0.15, -0.1) is 0 Å². The van der Waals surface area contributed by atoms with Crippen LogP contribution in [0.1, 0.15) is 36.7 Å². The molecule has 8 heteroatoms. The highest BCUT2D eigenvalue weighted by molar-refractivity contribution is 6.22. The van der Waals surface area contributed by atoms with Crippen molar-refractivity contribution >= 4 is 29.3 Å². The van der Waals surface area contributed by atoms with Gasteiger partial charge in [-0.1, -0.05) is 12.1 Å². The molecule has 0 aromatic heterocycles. The fourth-order valence-electron chi connectivity index (χ4n) is 5.19. The van der Waals surface area contributed by atoms with E-state index in [2.05, 4.69) is 21.0 Å². The Kier molecular flexibility index (Phi) is 5.26. The number of hydrogen-bond acceptors (Lipinski definition) is 6. The highest BCUT2D eigenvalue weighted by atomic mass is 16.6. The molecule has 2 atom stereocenters. The van der Waals surface area contributed by atoms with E-state index in [1.807, 2.05) is 43.9 Å². The van der Waals surface area contributed by atoms with Crippen LogP contribution in [0.25, 0.3) is 11.1 Å². The van der Waals surface area contributed by atoms with E-state index in [1.54, 1.807) is 12.1 Å². The largest absolute Gasteiger partial charge is 0.453 e. The fourth-order valence-corrected chi connectivity index (χ4v) is 5.19. The van der Waals surface area contributed by atoms with Crippen molar-refractivity contribution in [1.82, 2.24) is 4.90 Å². The van der Waals surface area contributed by atoms with Gasteiger partial charge in [0.05, 0.1) is 7.11 Å². The minimum Gasteiger partial charge on any atom is -0.453 e. The minimum absolute atomic E-state index is 0.0455. The topological polar surface area (TPSA) is 88.2 Å². The van der Waals surface area contributed by atoms with Crippen molar-refractivity contribution in [2.75, 3.05) is 43.5 Å². The van der Waals surface area contributed by atoms with Gasteiger partial charge in [0.15, 0.2) is 5.78 Å². The number of carbonyl (C=O) groups is 3. The minimum atomic E-state index is -0.574. The number of nitrogens with zero attached hydrogens (tertiary/aromatic N) is 2. The first kappa shape index (κ1) is 22.3. The third kappa shape index (κ3) is 3.97. The van der Waals surface area contributed by atoms with Crippen molar-refractivity contribution < 1.29 is 23.9 Å². The van der Waals surface area contributed by atoms with Crippen molar-refractivity contribution in [1.29, 1.82) is 0 Å². The number of hydrogen-bond donors (Lipinski definition) is 1. The smallest absolute Gasteiger partial charge is 0.411 e. The molecule has 1 aliphatic carbocycles. The average Bonchev–Trinajstić information content (AvgIpc) is 3.43. The Morgan fingerprint density at radius 2 is 1.53 bits per heavy atom. The van der Waals surface area contributed by atoms with Gasteiger partial charge in [-0.05, 0) is 56.2 Å². The van der Waals surface area contributed by atoms with Crippen LogP contribution in [-0.2, 0) is 9.47 Å². The highest BCUT2D eigenvalue weighted by Crippen LogP contribution is 2.41. The molecule has 2 amide bonds. The van der Waals surface area contributed by atoms with Crippen LogP contribution in [0.3, 0.4) is 0 Å². The molecule has 2 saturated heterocycles. The number of rotatable bonds is 2. The van der Waals surface area contributed by atoms with Gasteiger partial charge in [0.25, 0.3) is 0 Å². The number of nitrogens with one attached hydrogen (secondary N) is 1. The molecule has 2 unspecified atom stereocenters. The molecule has 2 heterocycles. The molecule has 1 N–H and O–H groups in total. The SMILES string of the molecule is COC(=O)Nc1ccc2c(c1)C(=O)c1cc(N3CC4CN(C(=O)OC(C)(C)C)CC4C3)ccc1-2. The first-order chi connectivity index (χ1) is 16.1. The molecule has 0 bridgehead atoms. The average molecular weight is 464 g/mol. The number of fused-ring (bicyclic) bond motifs is 4. The highest BCUT2D eigenvalue weighted by Gasteiger charge is 2.43. The molecule has 0 saturated carbocycles. The quantitative estimate of drug-likeness (QED) is 0.607. The molecular formula is C26H29N3O5. The number of likely N-dealkylation sites (tertiary alicyclic amines) is 1. The summed E-state index contributed by atoms with van der Waals surface area (Å²) in [7, 11) is 1.30. The van der Waals surface area contributed by atoms with Crippen LogP contribution < -0.4 is 10.2 Å². The Balaban J connectivity index is 1.29. The van der Waals surface area contributed by atoms with Crippen LogP contribution in [0.4, 0.5) is 21.0 Å². The van der Waals surface area contributed by atoms with Gasteiger partial charge < -0.3 is 19.3 Å². The third-order valence-electron chi connectivity index (χ3n) is 6.74. The van der Waals surface area contributed by atoms with E-state index in [4.69, 9.17) is 4.74 Å². The zero-order valence-corrected chi connectivity index (χ0v) is 19.9. The van der Waals surface area contributed by atoms with E-state index in [0.29, 0.717) is 41.7 Å². The maximum absolute atomic E-state index is 13.2. The van der Waals surface area contributed by atoms with Crippen LogP contribution in [-0.4, -0.2) is 61.8 Å². The maximum atomic E-state index is 13.2. The van der Waals surface area contributed by atoms with E-state index < -0.39 is 11.7 Å². The van der Waals surface area contributed by atoms with Crippen molar-refractivity contribution in [3.05, 3.63) is 47.5 Å². The van der Waals surface area contributed by atoms with Crippen molar-refractivity contribution in [3.8, 4) is 11.1 Å². The number of amides is 2. The molecule has 34 heavy (non-hydrogen) atoms. The zero-order valence-electron chi connectivity index (χ0n) is 19.9. The molecule has 2 aliphatic heterocycles. The standard InChI is InChI=1S/C26H29N3O5/c1-26(2,3)34-25(32)29-13-15-11-28(12-16(15)14-29)18-6-8-20-19-7-5-17(27-24(31)33-4)9-21(19)23(30)22(20)10-18/h5-10,15-16H,11-14H2,1-4H3,(H,27,31). The van der Waals surface area contributed by atoms with Crippen LogP contribution in [0, 0.1) is 11.8 Å². The molecular weight excluding hydrogens is 434 g/mol. The Bertz CT molecular complexity index is 1170. The van der Waals surface area contributed by atoms with E-state index in [9.17, 15) is 14.4 Å². The first-order valence-electron chi connectivity index (χ1n) is 11.5. The normalized spacial score (nSPS) is 20.6. The summed E-state index contributed by atoms with van der Waals surface area (Å²) in [4.78, 5) is 41.3. The Labute approximate surface area is 198 Å². The number of benzene rings is 2. The molecule has 5 rings (SSSR count). The van der Waals surface area contributed by atoms with Gasteiger partial charge in [-0.3, -0.25) is 10.1 Å². The Morgan fingerprint density at radius 3 is 2.15 bits per heavy atom. The van der Waals surface area contributed by atoms with Gasteiger partial charge in [-0.2, -0.15) is 0 Å². The summed E-state index contributed by atoms with van der Waals surface area (Å²) < 4.78 is 10.2. The zero-order chi connectivity index (χ0) is 24.2. The number of ketones is 1. The van der Waals surface area contributed by atoms with Crippen LogP contribution in [0.5, 0.6) is 0 Å². The summed E-state index contributed by atoms with van der Waals surface area (Å²) in [5.41, 5.74) is 4.07. The van der Waals surface area contributed by atoms with Crippen LogP contribution in [0.2, 0.25) is 0 Å². The van der Waals surface area contributed by atoms with Gasteiger partial charge in [0.2, 0.25) is 0 Å². The van der Waals surface area contributed by atoms with E-state index in [0.717, 1.165) is 29.9 Å². The summed E-state index contributed by atoms with van der Waals surface area (Å²) in [5, 5.41) is 2.61. The third-order valence-corrected chi connectivity index (χ3v) is 6.74. The maximum Gasteiger partial charge on any atom is 0.411 e. The van der Waals surface area contributed by atoms with E-state index >= 15 is 0 Å². The Hall–Kier alpha value is -3.55. The molecule has 3 aliphatic rings. The number of anilines is 2. The second kappa shape index (κ2) is 8.04. The fraction of sp³-hybridized carbons (Fsp3) is 0.423. The predicted molar refractivity (Wildman–Crippen MR) is 128 cm³/mol. The van der Waals surface area contributed by atoms with Crippen molar-refractivity contribution in [3.63, 3.8) is 0 Å². The Morgan fingerprint density at radius 1 is 0.912 bits per heavy atom. The van der Waals surface area contributed by atoms with Gasteiger partial charge in [0, 0.05) is 60.5 Å².